The highest BCUT2D eigenvalue weighted by Crippen LogP contribution is 2.45. The summed E-state index contributed by atoms with van der Waals surface area (Å²) in [6.45, 7) is 5.30. The molecule has 2 aliphatic heterocycles. The minimum atomic E-state index is 0.0421. The van der Waals surface area contributed by atoms with Crippen LogP contribution in [0.15, 0.2) is 12.1 Å². The molecule has 0 fully saturated rings. The molecule has 0 aromatic heterocycles. The number of amides is 1. The molecule has 2 atom stereocenters. The monoisotopic (exact) mass is 260 g/mol. The van der Waals surface area contributed by atoms with Crippen LogP contribution in [0.1, 0.15) is 37.3 Å². The molecule has 19 heavy (non-hydrogen) atoms. The Morgan fingerprint density at radius 3 is 3.16 bits per heavy atom. The average Bonchev–Trinajstić information content (AvgIpc) is 2.93. The first-order valence-electron chi connectivity index (χ1n) is 6.96. The van der Waals surface area contributed by atoms with E-state index in [1.165, 1.54) is 16.8 Å². The van der Waals surface area contributed by atoms with E-state index in [1.54, 1.807) is 6.92 Å². The summed E-state index contributed by atoms with van der Waals surface area (Å²) in [4.78, 5) is 11.0. The fraction of sp³-hybridized carbons (Fsp3) is 0.533. The first kappa shape index (κ1) is 12.3. The number of carbonyl (C=O) groups excluding carboxylic acids is 1. The Hall–Kier alpha value is -1.71. The van der Waals surface area contributed by atoms with Crippen molar-refractivity contribution < 1.29 is 9.53 Å². The van der Waals surface area contributed by atoms with E-state index in [1.807, 2.05) is 0 Å². The Morgan fingerprint density at radius 2 is 2.37 bits per heavy atom. The van der Waals surface area contributed by atoms with Crippen molar-refractivity contribution in [2.75, 3.05) is 18.5 Å². The minimum absolute atomic E-state index is 0.0421. The van der Waals surface area contributed by atoms with E-state index in [9.17, 15) is 4.79 Å². The minimum Gasteiger partial charge on any atom is -0.493 e. The van der Waals surface area contributed by atoms with Crippen molar-refractivity contribution >= 4 is 11.6 Å². The zero-order valence-electron chi connectivity index (χ0n) is 11.5. The van der Waals surface area contributed by atoms with Crippen LogP contribution in [0.2, 0.25) is 0 Å². The second kappa shape index (κ2) is 4.76. The first-order chi connectivity index (χ1) is 9.16. The number of nitrogens with one attached hydrogen (secondary N) is 2. The average molecular weight is 260 g/mol. The van der Waals surface area contributed by atoms with E-state index >= 15 is 0 Å². The van der Waals surface area contributed by atoms with Crippen molar-refractivity contribution in [3.8, 4) is 5.75 Å². The molecule has 102 valence electrons. The van der Waals surface area contributed by atoms with Gasteiger partial charge in [-0.1, -0.05) is 0 Å². The third-order valence-corrected chi connectivity index (χ3v) is 4.11. The van der Waals surface area contributed by atoms with Crippen LogP contribution >= 0.6 is 0 Å². The van der Waals surface area contributed by atoms with Gasteiger partial charge < -0.3 is 15.4 Å². The van der Waals surface area contributed by atoms with Gasteiger partial charge in [0.2, 0.25) is 5.91 Å². The Labute approximate surface area is 113 Å². The normalized spacial score (nSPS) is 23.3. The third-order valence-electron chi connectivity index (χ3n) is 4.11. The lowest BCUT2D eigenvalue weighted by Crippen LogP contribution is -2.25. The number of anilines is 1. The molecule has 2 unspecified atom stereocenters. The van der Waals surface area contributed by atoms with Crippen LogP contribution in [-0.2, 0) is 11.2 Å². The number of rotatable bonds is 3. The SMILES string of the molecule is CC(=O)NCCC1c2c(ccc3c2CCO3)NC1C. The fourth-order valence-electron chi connectivity index (χ4n) is 3.24. The molecular formula is C15H20N2O2. The highest BCUT2D eigenvalue weighted by Gasteiger charge is 2.33. The molecule has 0 spiro atoms. The van der Waals surface area contributed by atoms with Gasteiger partial charge in [-0.2, -0.15) is 0 Å². The number of fused-ring (bicyclic) bond motifs is 3. The lowest BCUT2D eigenvalue weighted by molar-refractivity contribution is -0.118. The molecule has 0 aliphatic carbocycles. The smallest absolute Gasteiger partial charge is 0.216 e. The van der Waals surface area contributed by atoms with Crippen molar-refractivity contribution in [1.82, 2.24) is 5.32 Å². The van der Waals surface area contributed by atoms with Crippen molar-refractivity contribution in [1.29, 1.82) is 0 Å². The predicted octanol–water partition coefficient (Wildman–Crippen LogP) is 2.05. The molecule has 0 saturated carbocycles. The van der Waals surface area contributed by atoms with Crippen LogP contribution in [0, 0.1) is 0 Å². The summed E-state index contributed by atoms with van der Waals surface area (Å²) < 4.78 is 5.65. The molecule has 1 aromatic rings. The number of hydrogen-bond acceptors (Lipinski definition) is 3. The molecule has 2 aliphatic rings. The van der Waals surface area contributed by atoms with Gasteiger partial charge in [0.1, 0.15) is 5.75 Å². The number of ether oxygens (including phenoxy) is 1. The molecule has 1 aromatic carbocycles. The van der Waals surface area contributed by atoms with Crippen molar-refractivity contribution in [2.24, 2.45) is 0 Å². The Bertz CT molecular complexity index is 513. The summed E-state index contributed by atoms with van der Waals surface area (Å²) >= 11 is 0. The zero-order valence-corrected chi connectivity index (χ0v) is 11.5. The van der Waals surface area contributed by atoms with Gasteiger partial charge in [0.25, 0.3) is 0 Å². The summed E-state index contributed by atoms with van der Waals surface area (Å²) in [5, 5.41) is 6.44. The van der Waals surface area contributed by atoms with Gasteiger partial charge in [-0.3, -0.25) is 4.79 Å². The van der Waals surface area contributed by atoms with Gasteiger partial charge in [-0.25, -0.2) is 0 Å². The first-order valence-corrected chi connectivity index (χ1v) is 6.96. The molecule has 2 heterocycles. The molecule has 4 nitrogen and oxygen atoms in total. The number of carbonyl (C=O) groups is 1. The van der Waals surface area contributed by atoms with Gasteiger partial charge in [0.15, 0.2) is 0 Å². The number of hydrogen-bond donors (Lipinski definition) is 2. The zero-order chi connectivity index (χ0) is 13.4. The Balaban J connectivity index is 1.84. The number of benzene rings is 1. The maximum absolute atomic E-state index is 11.0. The summed E-state index contributed by atoms with van der Waals surface area (Å²) in [5.74, 6) is 1.54. The van der Waals surface area contributed by atoms with Crippen molar-refractivity contribution in [3.05, 3.63) is 23.3 Å². The highest BCUT2D eigenvalue weighted by atomic mass is 16.5. The van der Waals surface area contributed by atoms with E-state index in [0.29, 0.717) is 12.0 Å². The summed E-state index contributed by atoms with van der Waals surface area (Å²) in [6.07, 6.45) is 1.97. The van der Waals surface area contributed by atoms with Crippen LogP contribution in [0.5, 0.6) is 5.75 Å². The largest absolute Gasteiger partial charge is 0.493 e. The molecule has 0 radical (unpaired) electrons. The second-order valence-electron chi connectivity index (χ2n) is 5.41. The maximum Gasteiger partial charge on any atom is 0.216 e. The standard InChI is InChI=1S/C15H20N2O2/c1-9-11(5-7-16-10(2)18)15-12-6-8-19-14(12)4-3-13(15)17-9/h3-4,9,11,17H,5-8H2,1-2H3,(H,16,18). The van der Waals surface area contributed by atoms with Gasteiger partial charge in [0.05, 0.1) is 6.61 Å². The van der Waals surface area contributed by atoms with E-state index in [4.69, 9.17) is 4.74 Å². The van der Waals surface area contributed by atoms with Gasteiger partial charge in [0, 0.05) is 43.1 Å². The fourth-order valence-corrected chi connectivity index (χ4v) is 3.24. The summed E-state index contributed by atoms with van der Waals surface area (Å²) in [6, 6.07) is 4.60. The van der Waals surface area contributed by atoms with Crippen LogP contribution < -0.4 is 15.4 Å². The van der Waals surface area contributed by atoms with Crippen molar-refractivity contribution in [2.45, 2.75) is 38.6 Å². The van der Waals surface area contributed by atoms with Gasteiger partial charge >= 0.3 is 0 Å². The van der Waals surface area contributed by atoms with E-state index in [-0.39, 0.29) is 5.91 Å². The topological polar surface area (TPSA) is 50.4 Å². The van der Waals surface area contributed by atoms with E-state index in [2.05, 4.69) is 29.7 Å². The van der Waals surface area contributed by atoms with E-state index in [0.717, 1.165) is 31.7 Å². The Kier molecular flexibility index (Phi) is 3.09. The molecule has 4 heteroatoms. The quantitative estimate of drug-likeness (QED) is 0.874. The van der Waals surface area contributed by atoms with Crippen molar-refractivity contribution in [3.63, 3.8) is 0 Å². The van der Waals surface area contributed by atoms with Crippen LogP contribution in [0.25, 0.3) is 0 Å². The van der Waals surface area contributed by atoms with Crippen LogP contribution in [0.3, 0.4) is 0 Å². The van der Waals surface area contributed by atoms with E-state index < -0.39 is 0 Å². The maximum atomic E-state index is 11.0. The van der Waals surface area contributed by atoms with Gasteiger partial charge in [-0.15, -0.1) is 0 Å². The van der Waals surface area contributed by atoms with Crippen LogP contribution in [-0.4, -0.2) is 25.1 Å². The highest BCUT2D eigenvalue weighted by molar-refractivity contribution is 5.72. The molecule has 0 saturated heterocycles. The third kappa shape index (κ3) is 2.15. The summed E-state index contributed by atoms with van der Waals surface area (Å²) in [5.41, 5.74) is 4.01. The molecule has 0 bridgehead atoms. The summed E-state index contributed by atoms with van der Waals surface area (Å²) in [7, 11) is 0. The molecule has 2 N–H and O–H groups in total. The lowest BCUT2D eigenvalue weighted by Gasteiger charge is -2.17. The molecular weight excluding hydrogens is 240 g/mol. The molecule has 3 rings (SSSR count). The lowest BCUT2D eigenvalue weighted by atomic mass is 9.88. The van der Waals surface area contributed by atoms with Gasteiger partial charge in [-0.05, 0) is 31.0 Å². The predicted molar refractivity (Wildman–Crippen MR) is 74.8 cm³/mol. The molecule has 1 amide bonds. The Morgan fingerprint density at radius 1 is 1.53 bits per heavy atom. The van der Waals surface area contributed by atoms with Crippen LogP contribution in [0.4, 0.5) is 5.69 Å². The second-order valence-corrected chi connectivity index (χ2v) is 5.41.